The third-order valence-electron chi connectivity index (χ3n) is 22.8. The lowest BCUT2D eigenvalue weighted by Gasteiger charge is -2.40. The number of amides is 8. The molecule has 2 unspecified atom stereocenters. The normalized spacial score (nSPS) is 24.4. The van der Waals surface area contributed by atoms with Gasteiger partial charge >= 0.3 is 5.97 Å². The van der Waals surface area contributed by atoms with Crippen LogP contribution < -0.4 is 0 Å². The van der Waals surface area contributed by atoms with Crippen molar-refractivity contribution in [2.24, 2.45) is 0 Å². The van der Waals surface area contributed by atoms with E-state index in [1.807, 2.05) is 6.92 Å². The van der Waals surface area contributed by atoms with Crippen LogP contribution in [0.4, 0.5) is 0 Å². The second kappa shape index (κ2) is 41.6. The molecule has 10 heterocycles. The summed E-state index contributed by atoms with van der Waals surface area (Å²) in [6.07, 6.45) is 16.4. The number of carboxylic acids is 1. The van der Waals surface area contributed by atoms with Crippen LogP contribution in [0.2, 0.25) is 0 Å². The zero-order chi connectivity index (χ0) is 89.6. The van der Waals surface area contributed by atoms with Crippen LogP contribution in [0.3, 0.4) is 0 Å². The standard InChI is InChI=1S/C33H47NO11S.C25H31NO11S.C20H27NO4.C12H13NO2/c1-31(2)42-26-20-40-33(28(27(26)43-31)44-32(3,4)45-33)22-41-46(38,39)21-23(35)16-12-10-8-6-5-7-9-11-15-19-34-29(36)24-17-13-14-18-25(24)30(34)37;1-23(2)34-18-12-32-25(20(19(18)35-23)36-24(3,4)37-25)14-33-38(30,31)13-15(27)8-7-11-26-21(28)16-9-5-6-10-17(16)22(26)29;22-18(23)14-8-6-4-2-1-3-5-7-11-15-21-19(24)16-12-9-10-13-17(16)20(21)25;1-2-3-8-13-11(14)9-6-4-5-7-10(9)12(13)15/h13-14,17-18,26-28H,5-12,15-16,19-22H2,1-4H3;5-6,9-10,18-20H,7-8,11-14H2,1-4H3;9-10,12-13H,1-8,11,14-15H2,(H,22,23);4-7H,2-3,8H2,1H3/t26-,27-,28?,33+;18-,19-,20?,25+;;/m11../s1. The van der Waals surface area contributed by atoms with E-state index in [9.17, 15) is 69.6 Å². The second-order valence-electron chi connectivity index (χ2n) is 34.6. The molecule has 4 aromatic carbocycles. The van der Waals surface area contributed by atoms with E-state index in [4.69, 9.17) is 60.8 Å². The van der Waals surface area contributed by atoms with Crippen molar-refractivity contribution in [3.05, 3.63) is 142 Å². The first-order chi connectivity index (χ1) is 58.8. The molecule has 6 fully saturated rings. The highest BCUT2D eigenvalue weighted by molar-refractivity contribution is 7.87. The quantitative estimate of drug-likeness (QED) is 0.0245. The lowest BCUT2D eigenvalue weighted by atomic mass is 9.98. The van der Waals surface area contributed by atoms with E-state index in [1.165, 1.54) is 21.1 Å². The highest BCUT2D eigenvalue weighted by atomic mass is 32.2. The van der Waals surface area contributed by atoms with Crippen molar-refractivity contribution >= 4 is 85.0 Å². The minimum Gasteiger partial charge on any atom is -0.481 e. The number of aliphatic carboxylic acids is 1. The van der Waals surface area contributed by atoms with E-state index in [0.717, 1.165) is 120 Å². The number of carbonyl (C=O) groups excluding carboxylic acids is 10. The van der Waals surface area contributed by atoms with Gasteiger partial charge in [0.2, 0.25) is 11.6 Å². The van der Waals surface area contributed by atoms with Crippen molar-refractivity contribution in [1.29, 1.82) is 0 Å². The first-order valence-electron chi connectivity index (χ1n) is 43.3. The molecule has 34 heteroatoms. The number of nitrogens with zero attached hydrogens (tertiary/aromatic N) is 4. The summed E-state index contributed by atoms with van der Waals surface area (Å²) in [7, 11) is -8.48. The van der Waals surface area contributed by atoms with E-state index < -0.39 is 146 Å². The number of ketones is 2. The number of fused-ring (bicyclic) bond motifs is 10. The zero-order valence-corrected chi connectivity index (χ0v) is 74.0. The molecule has 8 atom stereocenters. The SMILES string of the molecule is CC1(C)O[C@@H]2CO[C@@]3(COS(=O)(=O)CC(=O)CCCCCCCCCCCN4C(=O)c5ccccc5C4=O)OC(C)(C)OC3[C@@H]2O1.CC1(C)O[C@@H]2CO[C@@]3(COS(=O)(=O)CC(=O)CCCN4C(=O)c5ccccc5C4=O)OC(C)(C)OC3[C@@H]2O1.CCCCN1C(=O)c2ccccc2C1=O.O=C(O)CCCCCCCCCCCN1C(=O)c2ccccc2C1=O. The molecule has 10 aliphatic rings. The van der Waals surface area contributed by atoms with Crippen molar-refractivity contribution in [3.63, 3.8) is 0 Å². The Morgan fingerprint density at radius 3 is 0.903 bits per heavy atom. The molecule has 1 N–H and O–H groups in total. The Labute approximate surface area is 724 Å². The van der Waals surface area contributed by atoms with Crippen LogP contribution in [0.25, 0.3) is 0 Å². The molecule has 0 bridgehead atoms. The molecule has 0 saturated carbocycles. The Balaban J connectivity index is 0.000000172. The van der Waals surface area contributed by atoms with Gasteiger partial charge in [0, 0.05) is 45.4 Å². The Hall–Kier alpha value is -8.33. The lowest BCUT2D eigenvalue weighted by Crippen LogP contribution is -2.60. The van der Waals surface area contributed by atoms with Gasteiger partial charge in [-0.15, -0.1) is 0 Å². The van der Waals surface area contributed by atoms with Crippen LogP contribution in [-0.2, 0) is 90.4 Å². The van der Waals surface area contributed by atoms with E-state index in [1.54, 1.807) is 152 Å². The summed E-state index contributed by atoms with van der Waals surface area (Å²) in [5, 5.41) is 8.55. The number of unbranched alkanes of at least 4 members (excludes halogenated alkanes) is 17. The van der Waals surface area contributed by atoms with Crippen LogP contribution in [0.5, 0.6) is 0 Å². The van der Waals surface area contributed by atoms with Gasteiger partial charge in [-0.05, 0) is 142 Å². The number of imide groups is 4. The van der Waals surface area contributed by atoms with Gasteiger partial charge in [-0.3, -0.25) is 80.7 Å². The van der Waals surface area contributed by atoms with Gasteiger partial charge in [0.05, 0.1) is 57.7 Å². The minimum absolute atomic E-state index is 0.00113. The number of hydrogen-bond donors (Lipinski definition) is 1. The second-order valence-corrected chi connectivity index (χ2v) is 37.8. The van der Waals surface area contributed by atoms with Crippen molar-refractivity contribution in [1.82, 2.24) is 19.6 Å². The highest BCUT2D eigenvalue weighted by Crippen LogP contribution is 2.50. The van der Waals surface area contributed by atoms with E-state index in [2.05, 4.69) is 0 Å². The Kier molecular flexibility index (Phi) is 32.3. The summed E-state index contributed by atoms with van der Waals surface area (Å²) in [5.74, 6) is -12.2. The molecule has 14 rings (SSSR count). The molecule has 6 saturated heterocycles. The van der Waals surface area contributed by atoms with Gasteiger partial charge in [0.25, 0.3) is 67.5 Å². The molecule has 4 aromatic rings. The molecule has 8 amide bonds. The predicted octanol–water partition coefficient (Wildman–Crippen LogP) is 12.2. The first-order valence-corrected chi connectivity index (χ1v) is 46.5. The minimum atomic E-state index is -4.31. The predicted molar refractivity (Wildman–Crippen MR) is 446 cm³/mol. The maximum atomic E-state index is 12.7. The van der Waals surface area contributed by atoms with Crippen molar-refractivity contribution in [2.45, 2.75) is 288 Å². The lowest BCUT2D eigenvalue weighted by molar-refractivity contribution is -0.290. The van der Waals surface area contributed by atoms with Crippen LogP contribution in [-0.4, -0.2) is 242 Å². The molecular formula is C90H118N4O28S2. The average molecular weight is 1770 g/mol. The molecule has 0 radical (unpaired) electrons. The molecule has 0 aromatic heterocycles. The van der Waals surface area contributed by atoms with Crippen LogP contribution in [0, 0.1) is 0 Å². The number of ether oxygens (including phenoxy) is 10. The average Bonchev–Trinajstić information content (AvgIpc) is 1.57. The fourth-order valence-electron chi connectivity index (χ4n) is 17.0. The fourth-order valence-corrected chi connectivity index (χ4v) is 18.9. The van der Waals surface area contributed by atoms with Gasteiger partial charge in [-0.25, -0.2) is 0 Å². The topological polar surface area (TPSA) is 400 Å². The number of carbonyl (C=O) groups is 11. The summed E-state index contributed by atoms with van der Waals surface area (Å²) in [4.78, 5) is 138. The van der Waals surface area contributed by atoms with Gasteiger partial charge < -0.3 is 52.5 Å². The molecule has 10 aliphatic heterocycles. The number of Topliss-reactive ketones (excluding diaryl/α,β-unsaturated/α-hetero) is 2. The molecule has 678 valence electrons. The molecular weight excluding hydrogens is 1650 g/mol. The number of benzene rings is 4. The number of rotatable bonds is 41. The van der Waals surface area contributed by atoms with E-state index in [0.29, 0.717) is 70.6 Å². The van der Waals surface area contributed by atoms with Crippen LogP contribution in [0.15, 0.2) is 97.1 Å². The molecule has 124 heavy (non-hydrogen) atoms. The van der Waals surface area contributed by atoms with Gasteiger partial charge in [0.1, 0.15) is 72.9 Å². The maximum absolute atomic E-state index is 12.7. The van der Waals surface area contributed by atoms with Gasteiger partial charge in [-0.1, -0.05) is 152 Å². The molecule has 0 spiro atoms. The first kappa shape index (κ1) is 96.3. The number of carboxylic acid groups (broad SMARTS) is 1. The summed E-state index contributed by atoms with van der Waals surface area (Å²) in [5.41, 5.74) is 3.73. The maximum Gasteiger partial charge on any atom is 0.303 e. The summed E-state index contributed by atoms with van der Waals surface area (Å²) < 4.78 is 121. The van der Waals surface area contributed by atoms with Gasteiger partial charge in [-0.2, -0.15) is 16.8 Å². The van der Waals surface area contributed by atoms with Gasteiger partial charge in [0.15, 0.2) is 23.1 Å². The van der Waals surface area contributed by atoms with Crippen molar-refractivity contribution < 1.29 is 130 Å². The Bertz CT molecular complexity index is 4660. The Morgan fingerprint density at radius 1 is 0.355 bits per heavy atom. The third kappa shape index (κ3) is 24.3. The summed E-state index contributed by atoms with van der Waals surface area (Å²) >= 11 is 0. The smallest absolute Gasteiger partial charge is 0.303 e. The van der Waals surface area contributed by atoms with E-state index >= 15 is 0 Å². The summed E-state index contributed by atoms with van der Waals surface area (Å²) in [6.45, 7) is 16.5. The van der Waals surface area contributed by atoms with Crippen LogP contribution >= 0.6 is 0 Å². The van der Waals surface area contributed by atoms with Crippen LogP contribution in [0.1, 0.15) is 299 Å². The van der Waals surface area contributed by atoms with Crippen molar-refractivity contribution in [2.75, 3.05) is 64.1 Å². The largest absolute Gasteiger partial charge is 0.481 e. The monoisotopic (exact) mass is 1770 g/mol. The third-order valence-corrected chi connectivity index (χ3v) is 25.1. The zero-order valence-electron chi connectivity index (χ0n) is 72.3. The van der Waals surface area contributed by atoms with Crippen molar-refractivity contribution in [3.8, 4) is 0 Å². The summed E-state index contributed by atoms with van der Waals surface area (Å²) in [6, 6.07) is 27.4. The number of hydrogen-bond acceptors (Lipinski definition) is 27. The fraction of sp³-hybridized carbons (Fsp3) is 0.611. The highest BCUT2D eigenvalue weighted by Gasteiger charge is 2.68. The Morgan fingerprint density at radius 2 is 0.613 bits per heavy atom. The molecule has 0 aliphatic carbocycles. The van der Waals surface area contributed by atoms with E-state index in [-0.39, 0.29) is 80.9 Å². The molecule has 32 nitrogen and oxygen atoms in total.